The van der Waals surface area contributed by atoms with E-state index in [9.17, 15) is 17.2 Å². The second-order valence-electron chi connectivity index (χ2n) is 4.04. The second kappa shape index (κ2) is 5.78. The Kier molecular flexibility index (Phi) is 4.40. The highest BCUT2D eigenvalue weighted by molar-refractivity contribution is 9.10. The van der Waals surface area contributed by atoms with Crippen molar-refractivity contribution in [2.24, 2.45) is 0 Å². The standard InChI is InChI=1S/C12H8BrClF2N2O2S/c13-6-1-2-11(8(14)3-6)18-21(19,20)12-9(15)4-7(17)5-10(12)16/h1-5,18H,17H2. The Morgan fingerprint density at radius 1 is 1.14 bits per heavy atom. The molecule has 0 radical (unpaired) electrons. The fourth-order valence-corrected chi connectivity index (χ4v) is 3.58. The highest BCUT2D eigenvalue weighted by Gasteiger charge is 2.25. The van der Waals surface area contributed by atoms with E-state index in [-0.39, 0.29) is 16.4 Å². The molecule has 0 aliphatic carbocycles. The van der Waals surface area contributed by atoms with E-state index in [0.717, 1.165) is 12.1 Å². The van der Waals surface area contributed by atoms with Crippen LogP contribution in [0, 0.1) is 11.6 Å². The van der Waals surface area contributed by atoms with E-state index in [1.807, 2.05) is 4.72 Å². The molecule has 0 unspecified atom stereocenters. The highest BCUT2D eigenvalue weighted by atomic mass is 79.9. The van der Waals surface area contributed by atoms with Crippen LogP contribution in [-0.4, -0.2) is 8.42 Å². The number of nitrogens with one attached hydrogen (secondary N) is 1. The van der Waals surface area contributed by atoms with Crippen LogP contribution in [0.25, 0.3) is 0 Å². The van der Waals surface area contributed by atoms with Crippen LogP contribution in [0.1, 0.15) is 0 Å². The Labute approximate surface area is 133 Å². The van der Waals surface area contributed by atoms with Gasteiger partial charge >= 0.3 is 0 Å². The molecule has 2 aromatic carbocycles. The minimum absolute atomic E-state index is 0.00417. The van der Waals surface area contributed by atoms with Crippen LogP contribution in [0.3, 0.4) is 0 Å². The number of halogens is 4. The van der Waals surface area contributed by atoms with Gasteiger partial charge in [-0.1, -0.05) is 27.5 Å². The zero-order valence-corrected chi connectivity index (χ0v) is 13.4. The van der Waals surface area contributed by atoms with Crippen LogP contribution >= 0.6 is 27.5 Å². The summed E-state index contributed by atoms with van der Waals surface area (Å²) in [4.78, 5) is -1.12. The van der Waals surface area contributed by atoms with Crippen LogP contribution in [0.15, 0.2) is 39.7 Å². The molecular formula is C12H8BrClF2N2O2S. The average molecular weight is 398 g/mol. The maximum absolute atomic E-state index is 13.7. The summed E-state index contributed by atoms with van der Waals surface area (Å²) in [5.41, 5.74) is 5.02. The van der Waals surface area contributed by atoms with Crippen molar-refractivity contribution in [1.29, 1.82) is 0 Å². The lowest BCUT2D eigenvalue weighted by Gasteiger charge is -2.11. The first-order chi connectivity index (χ1) is 9.70. The van der Waals surface area contributed by atoms with Crippen molar-refractivity contribution in [2.45, 2.75) is 4.90 Å². The van der Waals surface area contributed by atoms with E-state index in [2.05, 4.69) is 15.9 Å². The molecule has 0 atom stereocenters. The molecule has 0 aliphatic rings. The summed E-state index contributed by atoms with van der Waals surface area (Å²) < 4.78 is 54.2. The molecule has 0 amide bonds. The van der Waals surface area contributed by atoms with E-state index in [4.69, 9.17) is 17.3 Å². The van der Waals surface area contributed by atoms with Crippen molar-refractivity contribution < 1.29 is 17.2 Å². The van der Waals surface area contributed by atoms with E-state index in [0.29, 0.717) is 4.47 Å². The van der Waals surface area contributed by atoms with Gasteiger partial charge in [0, 0.05) is 10.2 Å². The molecule has 0 aromatic heterocycles. The fourth-order valence-electron chi connectivity index (χ4n) is 1.60. The predicted molar refractivity (Wildman–Crippen MR) is 80.7 cm³/mol. The van der Waals surface area contributed by atoms with Gasteiger partial charge in [-0.15, -0.1) is 0 Å². The largest absolute Gasteiger partial charge is 0.399 e. The number of nitrogens with two attached hydrogens (primary N) is 1. The minimum Gasteiger partial charge on any atom is -0.399 e. The molecule has 0 aliphatic heterocycles. The molecule has 0 spiro atoms. The smallest absolute Gasteiger partial charge is 0.267 e. The minimum atomic E-state index is -4.48. The topological polar surface area (TPSA) is 72.2 Å². The molecule has 0 saturated heterocycles. The Bertz CT molecular complexity index is 792. The zero-order chi connectivity index (χ0) is 15.8. The maximum Gasteiger partial charge on any atom is 0.267 e. The maximum atomic E-state index is 13.7. The monoisotopic (exact) mass is 396 g/mol. The Morgan fingerprint density at radius 3 is 2.24 bits per heavy atom. The molecule has 2 aromatic rings. The number of sulfonamides is 1. The molecule has 9 heteroatoms. The first-order valence-corrected chi connectivity index (χ1v) is 8.08. The third-order valence-electron chi connectivity index (χ3n) is 2.46. The Balaban J connectivity index is 2.48. The second-order valence-corrected chi connectivity index (χ2v) is 6.99. The fraction of sp³-hybridized carbons (Fsp3) is 0. The first kappa shape index (κ1) is 16.0. The molecule has 0 heterocycles. The number of benzene rings is 2. The van der Waals surface area contributed by atoms with Crippen molar-refractivity contribution >= 4 is 48.9 Å². The van der Waals surface area contributed by atoms with Gasteiger partial charge in [-0.05, 0) is 30.3 Å². The van der Waals surface area contributed by atoms with Gasteiger partial charge in [0.2, 0.25) is 0 Å². The van der Waals surface area contributed by atoms with Crippen LogP contribution < -0.4 is 10.5 Å². The van der Waals surface area contributed by atoms with Crippen LogP contribution in [0.5, 0.6) is 0 Å². The van der Waals surface area contributed by atoms with Gasteiger partial charge in [-0.2, -0.15) is 0 Å². The lowest BCUT2D eigenvalue weighted by molar-refractivity contribution is 0.522. The SMILES string of the molecule is Nc1cc(F)c(S(=O)(=O)Nc2ccc(Br)cc2Cl)c(F)c1. The number of rotatable bonds is 3. The normalized spacial score (nSPS) is 11.4. The van der Waals surface area contributed by atoms with Gasteiger partial charge in [0.05, 0.1) is 10.7 Å². The van der Waals surface area contributed by atoms with Gasteiger partial charge in [0.1, 0.15) is 11.6 Å². The van der Waals surface area contributed by atoms with Gasteiger partial charge in [-0.25, -0.2) is 17.2 Å². The molecule has 2 rings (SSSR count). The van der Waals surface area contributed by atoms with Crippen molar-refractivity contribution in [1.82, 2.24) is 0 Å². The van der Waals surface area contributed by atoms with Crippen molar-refractivity contribution in [3.8, 4) is 0 Å². The Morgan fingerprint density at radius 2 is 1.71 bits per heavy atom. The molecule has 21 heavy (non-hydrogen) atoms. The number of nitrogen functional groups attached to an aromatic ring is 1. The number of anilines is 2. The molecule has 0 fully saturated rings. The summed E-state index contributed by atoms with van der Waals surface area (Å²) in [6.45, 7) is 0. The van der Waals surface area contributed by atoms with E-state index >= 15 is 0 Å². The summed E-state index contributed by atoms with van der Waals surface area (Å²) in [7, 11) is -4.48. The third kappa shape index (κ3) is 3.45. The van der Waals surface area contributed by atoms with Gasteiger partial charge in [0.25, 0.3) is 10.0 Å². The molecule has 3 N–H and O–H groups in total. The lowest BCUT2D eigenvalue weighted by Crippen LogP contribution is -2.17. The van der Waals surface area contributed by atoms with Gasteiger partial charge in [0.15, 0.2) is 4.90 Å². The first-order valence-electron chi connectivity index (χ1n) is 5.43. The Hall–Kier alpha value is -1.38. The highest BCUT2D eigenvalue weighted by Crippen LogP contribution is 2.29. The van der Waals surface area contributed by atoms with Crippen LogP contribution in [0.4, 0.5) is 20.2 Å². The summed E-state index contributed by atoms with van der Waals surface area (Å²) >= 11 is 9.02. The quantitative estimate of drug-likeness (QED) is 0.775. The molecule has 112 valence electrons. The van der Waals surface area contributed by atoms with Crippen molar-refractivity contribution in [3.05, 3.63) is 51.5 Å². The molecule has 0 bridgehead atoms. The van der Waals surface area contributed by atoms with Crippen LogP contribution in [-0.2, 0) is 10.0 Å². The predicted octanol–water partition coefficient (Wildman–Crippen LogP) is 3.76. The van der Waals surface area contributed by atoms with E-state index < -0.39 is 26.6 Å². The average Bonchev–Trinajstić information content (AvgIpc) is 2.30. The number of hydrogen-bond acceptors (Lipinski definition) is 3. The van der Waals surface area contributed by atoms with E-state index in [1.165, 1.54) is 18.2 Å². The van der Waals surface area contributed by atoms with Crippen molar-refractivity contribution in [3.63, 3.8) is 0 Å². The summed E-state index contributed by atoms with van der Waals surface area (Å²) in [5.74, 6) is -2.57. The molecular weight excluding hydrogens is 390 g/mol. The summed E-state index contributed by atoms with van der Waals surface area (Å²) in [6.07, 6.45) is 0. The lowest BCUT2D eigenvalue weighted by atomic mass is 10.3. The number of hydrogen-bond donors (Lipinski definition) is 2. The van der Waals surface area contributed by atoms with Crippen LogP contribution in [0.2, 0.25) is 5.02 Å². The van der Waals surface area contributed by atoms with E-state index in [1.54, 1.807) is 0 Å². The third-order valence-corrected chi connectivity index (χ3v) is 4.69. The summed E-state index contributed by atoms with van der Waals surface area (Å²) in [6, 6.07) is 5.77. The summed E-state index contributed by atoms with van der Waals surface area (Å²) in [5, 5.41) is 0.0733. The van der Waals surface area contributed by atoms with Gasteiger partial charge in [-0.3, -0.25) is 4.72 Å². The van der Waals surface area contributed by atoms with Gasteiger partial charge < -0.3 is 5.73 Å². The zero-order valence-electron chi connectivity index (χ0n) is 10.2. The van der Waals surface area contributed by atoms with Crippen molar-refractivity contribution in [2.75, 3.05) is 10.5 Å². The molecule has 0 saturated carbocycles. The molecule has 4 nitrogen and oxygen atoms in total.